The summed E-state index contributed by atoms with van der Waals surface area (Å²) in [6, 6.07) is 15.6. The minimum atomic E-state index is -4.45. The van der Waals surface area contributed by atoms with Gasteiger partial charge < -0.3 is 15.2 Å². The van der Waals surface area contributed by atoms with Crippen molar-refractivity contribution >= 4 is 11.9 Å². The van der Waals surface area contributed by atoms with Gasteiger partial charge in [0.05, 0.1) is 23.4 Å². The van der Waals surface area contributed by atoms with Gasteiger partial charge in [0.2, 0.25) is 0 Å². The molecule has 0 saturated carbocycles. The van der Waals surface area contributed by atoms with E-state index in [1.165, 1.54) is 35.1 Å². The predicted molar refractivity (Wildman–Crippen MR) is 129 cm³/mol. The first-order valence-electron chi connectivity index (χ1n) is 11.2. The second-order valence-electron chi connectivity index (χ2n) is 9.46. The molecule has 0 unspecified atom stereocenters. The molecule has 0 radical (unpaired) electrons. The van der Waals surface area contributed by atoms with Crippen LogP contribution in [-0.4, -0.2) is 32.4 Å². The third-order valence-corrected chi connectivity index (χ3v) is 5.39. The van der Waals surface area contributed by atoms with Gasteiger partial charge in [-0.1, -0.05) is 29.5 Å². The van der Waals surface area contributed by atoms with Gasteiger partial charge in [-0.15, -0.1) is 5.10 Å². The van der Waals surface area contributed by atoms with Gasteiger partial charge in [-0.3, -0.25) is 4.79 Å². The maximum atomic E-state index is 12.9. The Kier molecular flexibility index (Phi) is 8.50. The number of amides is 1. The van der Waals surface area contributed by atoms with Crippen LogP contribution in [0.3, 0.4) is 0 Å². The molecule has 0 atom stereocenters. The predicted octanol–water partition coefficient (Wildman–Crippen LogP) is 1.52. The number of aromatic carboxylic acids is 1. The van der Waals surface area contributed by atoms with Gasteiger partial charge in [-0.2, -0.15) is 13.2 Å². The Labute approximate surface area is 239 Å². The smallest absolute Gasteiger partial charge is 0.545 e. The summed E-state index contributed by atoms with van der Waals surface area (Å²) >= 11 is 0. The Hall–Kier alpha value is -3.47. The van der Waals surface area contributed by atoms with Crippen LogP contribution in [0, 0.1) is 0 Å². The summed E-state index contributed by atoms with van der Waals surface area (Å²) in [5.74, 6) is -1.63. The van der Waals surface area contributed by atoms with Crippen molar-refractivity contribution in [2.75, 3.05) is 0 Å². The molecule has 7 nitrogen and oxygen atoms in total. The molecule has 11 heteroatoms. The number of nitrogens with one attached hydrogen (secondary N) is 1. The molecule has 1 amide bonds. The molecule has 0 aliphatic heterocycles. The zero-order chi connectivity index (χ0) is 27.0. The number of carboxylic acids is 1. The van der Waals surface area contributed by atoms with E-state index >= 15 is 0 Å². The first-order chi connectivity index (χ1) is 17.3. The number of halogens is 3. The molecule has 4 rings (SSSR count). The molecule has 190 valence electrons. The average molecular weight is 530 g/mol. The normalized spacial score (nSPS) is 11.5. The minimum Gasteiger partial charge on any atom is -0.545 e. The quantitative estimate of drug-likeness (QED) is 0.395. The number of carbonyl (C=O) groups is 2. The van der Waals surface area contributed by atoms with Crippen molar-refractivity contribution in [1.29, 1.82) is 0 Å². The topological polar surface area (TPSA) is 99.9 Å². The van der Waals surface area contributed by atoms with Crippen molar-refractivity contribution in [3.63, 3.8) is 0 Å². The molecule has 0 spiro atoms. The number of benzene rings is 3. The van der Waals surface area contributed by atoms with Crippen molar-refractivity contribution in [3.8, 4) is 28.1 Å². The van der Waals surface area contributed by atoms with Crippen LogP contribution in [0.2, 0.25) is 0 Å². The zero-order valence-electron chi connectivity index (χ0n) is 21.1. The van der Waals surface area contributed by atoms with Crippen LogP contribution in [-0.2, 0) is 6.18 Å². The molecule has 3 aromatic carbocycles. The second kappa shape index (κ2) is 11.1. The fourth-order valence-corrected chi connectivity index (χ4v) is 3.61. The van der Waals surface area contributed by atoms with Crippen molar-refractivity contribution in [3.05, 3.63) is 89.6 Å². The molecule has 38 heavy (non-hydrogen) atoms. The van der Waals surface area contributed by atoms with E-state index in [9.17, 15) is 27.9 Å². The summed E-state index contributed by atoms with van der Waals surface area (Å²) in [4.78, 5) is 24.1. The first-order valence-corrected chi connectivity index (χ1v) is 11.2. The molecule has 1 heterocycles. The van der Waals surface area contributed by atoms with Crippen LogP contribution in [0.25, 0.3) is 28.1 Å². The van der Waals surface area contributed by atoms with E-state index in [1.54, 1.807) is 30.3 Å². The van der Waals surface area contributed by atoms with Gasteiger partial charge in [0.1, 0.15) is 5.69 Å². The van der Waals surface area contributed by atoms with E-state index in [-0.39, 0.29) is 41.0 Å². The van der Waals surface area contributed by atoms with Crippen LogP contribution >= 0.6 is 0 Å². The monoisotopic (exact) mass is 530 g/mol. The minimum absolute atomic E-state index is 0. The Bertz CT molecular complexity index is 1460. The fraction of sp³-hybridized carbons (Fsp3) is 0.185. The van der Waals surface area contributed by atoms with E-state index in [1.807, 2.05) is 20.8 Å². The van der Waals surface area contributed by atoms with Gasteiger partial charge in [-0.05, 0) is 79.9 Å². The van der Waals surface area contributed by atoms with Crippen molar-refractivity contribution < 1.29 is 57.4 Å². The summed E-state index contributed by atoms with van der Waals surface area (Å²) in [6.45, 7) is 5.62. The third-order valence-electron chi connectivity index (χ3n) is 5.39. The molecular weight excluding hydrogens is 508 g/mol. The Balaban J connectivity index is 0.00000400. The van der Waals surface area contributed by atoms with Gasteiger partial charge in [0.15, 0.2) is 0 Å². The van der Waals surface area contributed by atoms with Crippen molar-refractivity contribution in [2.24, 2.45) is 0 Å². The fourth-order valence-electron chi connectivity index (χ4n) is 3.61. The summed E-state index contributed by atoms with van der Waals surface area (Å²) in [6.07, 6.45) is -2.97. The molecular formula is C27H22F3N4NaO3. The van der Waals surface area contributed by atoms with Crippen molar-refractivity contribution in [1.82, 2.24) is 20.3 Å². The van der Waals surface area contributed by atoms with Crippen LogP contribution in [0.5, 0.6) is 0 Å². The first kappa shape index (κ1) is 29.1. The third kappa shape index (κ3) is 6.89. The van der Waals surface area contributed by atoms with E-state index in [4.69, 9.17) is 0 Å². The molecule has 0 saturated heterocycles. The van der Waals surface area contributed by atoms with E-state index in [2.05, 4.69) is 15.6 Å². The zero-order valence-corrected chi connectivity index (χ0v) is 23.1. The largest absolute Gasteiger partial charge is 1.00 e. The van der Waals surface area contributed by atoms with E-state index < -0.39 is 23.2 Å². The standard InChI is InChI=1S/C27H23F3N4O3.Na/c1-26(2,3)31-24(35)18-6-4-16(5-7-18)19-12-20(25(36)37)14-22(13-19)34-15-23(32-33-34)17-8-10-21(11-9-17)27(28,29)30;/h4-15H,1-3H3,(H,31,35)(H,36,37);/q;+1/p-1. The second-order valence-corrected chi connectivity index (χ2v) is 9.46. The van der Waals surface area contributed by atoms with Crippen LogP contribution in [0.15, 0.2) is 72.9 Å². The van der Waals surface area contributed by atoms with Crippen LogP contribution < -0.4 is 40.0 Å². The van der Waals surface area contributed by atoms with Crippen molar-refractivity contribution in [2.45, 2.75) is 32.5 Å². The van der Waals surface area contributed by atoms with E-state index in [0.29, 0.717) is 33.6 Å². The molecule has 4 aromatic rings. The Morgan fingerprint density at radius 3 is 2.00 bits per heavy atom. The SMILES string of the molecule is CC(C)(C)NC(=O)c1ccc(-c2cc(C(=O)[O-])cc(-n3cc(-c4ccc(C(F)(F)F)cc4)nn3)c2)cc1.[Na+]. The van der Waals surface area contributed by atoms with E-state index in [0.717, 1.165) is 12.1 Å². The maximum Gasteiger partial charge on any atom is 1.00 e. The maximum absolute atomic E-state index is 12.9. The number of hydrogen-bond acceptors (Lipinski definition) is 5. The molecule has 0 aliphatic rings. The molecule has 0 fully saturated rings. The number of aromatic nitrogens is 3. The Morgan fingerprint density at radius 1 is 0.842 bits per heavy atom. The summed E-state index contributed by atoms with van der Waals surface area (Å²) in [5, 5.41) is 22.6. The molecule has 0 aliphatic carbocycles. The van der Waals surface area contributed by atoms with Gasteiger partial charge in [-0.25, -0.2) is 4.68 Å². The van der Waals surface area contributed by atoms with Gasteiger partial charge in [0.25, 0.3) is 5.91 Å². The number of carbonyl (C=O) groups excluding carboxylic acids is 2. The molecule has 1 aromatic heterocycles. The van der Waals surface area contributed by atoms with Crippen LogP contribution in [0.4, 0.5) is 13.2 Å². The number of nitrogens with zero attached hydrogens (tertiary/aromatic N) is 3. The molecule has 1 N–H and O–H groups in total. The Morgan fingerprint density at radius 2 is 1.45 bits per heavy atom. The molecule has 0 bridgehead atoms. The number of rotatable bonds is 5. The van der Waals surface area contributed by atoms with Gasteiger partial charge >= 0.3 is 35.7 Å². The number of alkyl halides is 3. The summed E-state index contributed by atoms with van der Waals surface area (Å²) < 4.78 is 39.9. The van der Waals surface area contributed by atoms with Gasteiger partial charge in [0, 0.05) is 16.7 Å². The number of carboxylic acid groups (broad SMARTS) is 1. The summed E-state index contributed by atoms with van der Waals surface area (Å²) in [7, 11) is 0. The number of hydrogen-bond donors (Lipinski definition) is 1. The summed E-state index contributed by atoms with van der Waals surface area (Å²) in [5.41, 5.74) is 1.44. The average Bonchev–Trinajstić information content (AvgIpc) is 3.33. The van der Waals surface area contributed by atoms with Crippen LogP contribution in [0.1, 0.15) is 47.1 Å².